The van der Waals surface area contributed by atoms with Gasteiger partial charge in [0.2, 0.25) is 0 Å². The van der Waals surface area contributed by atoms with Crippen LogP contribution in [-0.4, -0.2) is 55.3 Å². The van der Waals surface area contributed by atoms with E-state index in [0.717, 1.165) is 0 Å². The highest BCUT2D eigenvalue weighted by atomic mass is 35.5. The molecule has 3 rings (SSSR count). The maximum Gasteiger partial charge on any atom is 0.262 e. The maximum absolute atomic E-state index is 12.0. The van der Waals surface area contributed by atoms with Gasteiger partial charge in [0.25, 0.3) is 5.91 Å². The second-order valence-corrected chi connectivity index (χ2v) is 9.47. The maximum atomic E-state index is 12.0. The van der Waals surface area contributed by atoms with Crippen molar-refractivity contribution >= 4 is 61.6 Å². The minimum Gasteiger partial charge on any atom is -0.495 e. The molecule has 2 fully saturated rings. The highest BCUT2D eigenvalue weighted by Gasteiger charge is 2.50. The van der Waals surface area contributed by atoms with Crippen molar-refractivity contribution in [2.24, 2.45) is 4.99 Å². The van der Waals surface area contributed by atoms with Crippen LogP contribution >= 0.6 is 35.0 Å². The number of amides is 1. The summed E-state index contributed by atoms with van der Waals surface area (Å²) in [6, 6.07) is 4.72. The predicted octanol–water partition coefficient (Wildman–Crippen LogP) is 2.19. The van der Waals surface area contributed by atoms with Crippen LogP contribution in [0, 0.1) is 0 Å². The van der Waals surface area contributed by atoms with Crippen molar-refractivity contribution in [2.75, 3.05) is 29.4 Å². The van der Waals surface area contributed by atoms with Gasteiger partial charge in [-0.15, -0.1) is 11.6 Å². The lowest BCUT2D eigenvalue weighted by Crippen LogP contribution is -2.38. The first-order valence-corrected chi connectivity index (χ1v) is 10.6. The molecule has 2 atom stereocenters. The number of halogens is 2. The molecule has 0 N–H and O–H groups in total. The van der Waals surface area contributed by atoms with Gasteiger partial charge in [-0.3, -0.25) is 4.79 Å². The van der Waals surface area contributed by atoms with Gasteiger partial charge in [0.1, 0.15) is 11.6 Å². The van der Waals surface area contributed by atoms with Crippen LogP contribution in [0.2, 0.25) is 5.02 Å². The zero-order chi connectivity index (χ0) is 17.5. The fraction of sp³-hybridized carbons (Fsp3) is 0.429. The van der Waals surface area contributed by atoms with Crippen molar-refractivity contribution in [3.8, 4) is 5.75 Å². The monoisotopic (exact) mass is 408 g/mol. The first-order valence-electron chi connectivity index (χ1n) is 7.02. The van der Waals surface area contributed by atoms with E-state index in [9.17, 15) is 13.2 Å². The Labute approximate surface area is 154 Å². The molecular formula is C14H14Cl2N2O4S2. The normalized spacial score (nSPS) is 26.6. The Hall–Kier alpha value is -0.960. The third-order valence-corrected chi connectivity index (χ3v) is 7.48. The van der Waals surface area contributed by atoms with E-state index in [1.165, 1.54) is 18.9 Å². The number of anilines is 1. The number of hydrogen-bond acceptors (Lipinski definition) is 5. The average molecular weight is 409 g/mol. The van der Waals surface area contributed by atoms with Crippen LogP contribution in [-0.2, 0) is 14.6 Å². The van der Waals surface area contributed by atoms with E-state index in [0.29, 0.717) is 21.6 Å². The van der Waals surface area contributed by atoms with Gasteiger partial charge < -0.3 is 9.64 Å². The van der Waals surface area contributed by atoms with Crippen LogP contribution in [0.3, 0.4) is 0 Å². The Morgan fingerprint density at radius 3 is 2.88 bits per heavy atom. The van der Waals surface area contributed by atoms with Crippen LogP contribution in [0.5, 0.6) is 5.75 Å². The van der Waals surface area contributed by atoms with Gasteiger partial charge in [-0.2, -0.15) is 4.99 Å². The van der Waals surface area contributed by atoms with Crippen molar-refractivity contribution in [1.29, 1.82) is 0 Å². The molecule has 1 aromatic carbocycles. The molecular weight excluding hydrogens is 395 g/mol. The van der Waals surface area contributed by atoms with E-state index >= 15 is 0 Å². The summed E-state index contributed by atoms with van der Waals surface area (Å²) >= 11 is 12.9. The molecule has 6 nitrogen and oxygen atoms in total. The summed E-state index contributed by atoms with van der Waals surface area (Å²) in [5.74, 6) is -0.147. The van der Waals surface area contributed by atoms with E-state index in [2.05, 4.69) is 4.99 Å². The number of thioether (sulfide) groups is 1. The van der Waals surface area contributed by atoms with Crippen LogP contribution in [0.1, 0.15) is 0 Å². The molecule has 0 spiro atoms. The Balaban J connectivity index is 2.10. The summed E-state index contributed by atoms with van der Waals surface area (Å²) in [5.41, 5.74) is 0.586. The lowest BCUT2D eigenvalue weighted by atomic mass is 10.2. The Morgan fingerprint density at radius 1 is 1.46 bits per heavy atom. The standard InChI is InChI=1S/C14H14Cl2N2O4S2/c1-22-11-3-2-8(16)4-9(11)18-10-6-24(20,21)7-12(10)23-14(18)17-13(19)5-15/h2-4,10,12H,5-7H2,1H3. The van der Waals surface area contributed by atoms with Gasteiger partial charge in [0, 0.05) is 10.3 Å². The third kappa shape index (κ3) is 3.37. The smallest absolute Gasteiger partial charge is 0.262 e. The summed E-state index contributed by atoms with van der Waals surface area (Å²) in [5, 5.41) is 0.704. The van der Waals surface area contributed by atoms with Gasteiger partial charge in [-0.05, 0) is 18.2 Å². The number of carbonyl (C=O) groups excluding carboxylic acids is 1. The third-order valence-electron chi connectivity index (χ3n) is 3.80. The molecule has 130 valence electrons. The number of methoxy groups -OCH3 is 1. The van der Waals surface area contributed by atoms with Crippen LogP contribution in [0.4, 0.5) is 5.69 Å². The number of nitrogens with zero attached hydrogens (tertiary/aromatic N) is 2. The molecule has 1 amide bonds. The van der Waals surface area contributed by atoms with E-state index < -0.39 is 15.7 Å². The topological polar surface area (TPSA) is 76.0 Å². The average Bonchev–Trinajstić information content (AvgIpc) is 2.97. The number of rotatable bonds is 3. The van der Waals surface area contributed by atoms with Gasteiger partial charge in [0.05, 0.1) is 30.3 Å². The fourth-order valence-corrected chi connectivity index (χ4v) is 6.98. The minimum atomic E-state index is -3.14. The number of amidine groups is 1. The highest BCUT2D eigenvalue weighted by molar-refractivity contribution is 8.16. The number of benzene rings is 1. The molecule has 0 aromatic heterocycles. The zero-order valence-corrected chi connectivity index (χ0v) is 15.8. The number of fused-ring (bicyclic) bond motifs is 1. The Kier molecular flexibility index (Phi) is 5.01. The van der Waals surface area contributed by atoms with E-state index in [1.54, 1.807) is 23.1 Å². The van der Waals surface area contributed by atoms with Crippen molar-refractivity contribution in [3.63, 3.8) is 0 Å². The van der Waals surface area contributed by atoms with Crippen molar-refractivity contribution in [3.05, 3.63) is 23.2 Å². The van der Waals surface area contributed by atoms with Gasteiger partial charge in [-0.1, -0.05) is 23.4 Å². The van der Waals surface area contributed by atoms with Gasteiger partial charge in [0.15, 0.2) is 15.0 Å². The fourth-order valence-electron chi connectivity index (χ4n) is 2.83. The number of aliphatic imine (C=N–C) groups is 1. The first kappa shape index (κ1) is 17.8. The number of carbonyl (C=O) groups is 1. The summed E-state index contributed by atoms with van der Waals surface area (Å²) in [6.45, 7) is 0. The number of sulfone groups is 1. The summed E-state index contributed by atoms with van der Waals surface area (Å²) in [6.07, 6.45) is 0. The molecule has 24 heavy (non-hydrogen) atoms. The van der Waals surface area contributed by atoms with Crippen LogP contribution in [0.25, 0.3) is 0 Å². The number of ether oxygens (including phenoxy) is 1. The molecule has 2 unspecified atom stereocenters. The molecule has 2 aliphatic heterocycles. The van der Waals surface area contributed by atoms with E-state index in [-0.39, 0.29) is 28.7 Å². The molecule has 0 radical (unpaired) electrons. The zero-order valence-electron chi connectivity index (χ0n) is 12.6. The lowest BCUT2D eigenvalue weighted by Gasteiger charge is -2.26. The molecule has 2 aliphatic rings. The largest absolute Gasteiger partial charge is 0.495 e. The molecule has 2 heterocycles. The summed E-state index contributed by atoms with van der Waals surface area (Å²) in [4.78, 5) is 17.4. The van der Waals surface area contributed by atoms with Crippen molar-refractivity contribution in [1.82, 2.24) is 0 Å². The number of hydrogen-bond donors (Lipinski definition) is 0. The van der Waals surface area contributed by atoms with Crippen LogP contribution in [0.15, 0.2) is 23.2 Å². The quantitative estimate of drug-likeness (QED) is 0.713. The Morgan fingerprint density at radius 2 is 2.21 bits per heavy atom. The predicted molar refractivity (Wildman–Crippen MR) is 97.5 cm³/mol. The molecule has 2 saturated heterocycles. The molecule has 0 aliphatic carbocycles. The highest BCUT2D eigenvalue weighted by Crippen LogP contribution is 2.44. The minimum absolute atomic E-state index is 0.00554. The van der Waals surface area contributed by atoms with Gasteiger partial charge in [-0.25, -0.2) is 8.42 Å². The summed E-state index contributed by atoms with van der Waals surface area (Å²) in [7, 11) is -1.62. The second kappa shape index (κ2) is 6.74. The number of alkyl halides is 1. The molecule has 0 saturated carbocycles. The molecule has 10 heteroatoms. The second-order valence-electron chi connectivity index (χ2n) is 5.41. The summed E-state index contributed by atoms with van der Waals surface area (Å²) < 4.78 is 29.4. The van der Waals surface area contributed by atoms with Crippen molar-refractivity contribution in [2.45, 2.75) is 11.3 Å². The van der Waals surface area contributed by atoms with Crippen molar-refractivity contribution < 1.29 is 17.9 Å². The Bertz CT molecular complexity index is 813. The first-order chi connectivity index (χ1) is 11.3. The van der Waals surface area contributed by atoms with Gasteiger partial charge >= 0.3 is 0 Å². The SMILES string of the molecule is COc1ccc(Cl)cc1N1C(=NC(=O)CCl)SC2CS(=O)(=O)CC21. The molecule has 1 aromatic rings. The van der Waals surface area contributed by atoms with E-state index in [1.807, 2.05) is 0 Å². The lowest BCUT2D eigenvalue weighted by molar-refractivity contribution is -0.115. The van der Waals surface area contributed by atoms with E-state index in [4.69, 9.17) is 27.9 Å². The van der Waals surface area contributed by atoms with Crippen LogP contribution < -0.4 is 9.64 Å². The molecule has 0 bridgehead atoms.